The SMILES string of the molecule is COCn1c2ccccc2c2nc(-c3ccncc3)nc(-c3ccncc3)c21. The fraction of sp³-hybridized carbons (Fsp3) is 0.0909. The van der Waals surface area contributed by atoms with Crippen LogP contribution in [-0.2, 0) is 11.5 Å². The van der Waals surface area contributed by atoms with E-state index < -0.39 is 0 Å². The molecule has 0 aliphatic rings. The van der Waals surface area contributed by atoms with Gasteiger partial charge in [0.1, 0.15) is 12.2 Å². The van der Waals surface area contributed by atoms with E-state index in [4.69, 9.17) is 14.7 Å². The van der Waals surface area contributed by atoms with Crippen molar-refractivity contribution in [1.29, 1.82) is 0 Å². The summed E-state index contributed by atoms with van der Waals surface area (Å²) in [6.07, 6.45) is 7.06. The molecule has 0 radical (unpaired) electrons. The van der Waals surface area contributed by atoms with Crippen molar-refractivity contribution in [3.8, 4) is 22.6 Å². The summed E-state index contributed by atoms with van der Waals surface area (Å²) >= 11 is 0. The molecule has 5 aromatic rings. The number of methoxy groups -OCH3 is 1. The van der Waals surface area contributed by atoms with E-state index in [1.807, 2.05) is 36.4 Å². The van der Waals surface area contributed by atoms with Gasteiger partial charge in [0.25, 0.3) is 0 Å². The van der Waals surface area contributed by atoms with Crippen LogP contribution < -0.4 is 0 Å². The minimum absolute atomic E-state index is 0.417. The number of fused-ring (bicyclic) bond motifs is 3. The van der Waals surface area contributed by atoms with Crippen LogP contribution >= 0.6 is 0 Å². The second-order valence-corrected chi connectivity index (χ2v) is 6.43. The van der Waals surface area contributed by atoms with Crippen LogP contribution in [0.5, 0.6) is 0 Å². The molecule has 5 rings (SSSR count). The molecule has 1 aromatic carbocycles. The molecule has 0 fully saturated rings. The number of benzene rings is 1. The van der Waals surface area contributed by atoms with Crippen LogP contribution in [0.4, 0.5) is 0 Å². The van der Waals surface area contributed by atoms with E-state index in [1.54, 1.807) is 31.9 Å². The monoisotopic (exact) mass is 367 g/mol. The van der Waals surface area contributed by atoms with Crippen LogP contribution in [0.3, 0.4) is 0 Å². The molecule has 0 aliphatic carbocycles. The highest BCUT2D eigenvalue weighted by Crippen LogP contribution is 2.35. The third-order valence-electron chi connectivity index (χ3n) is 4.75. The fourth-order valence-electron chi connectivity index (χ4n) is 3.53. The third-order valence-corrected chi connectivity index (χ3v) is 4.75. The van der Waals surface area contributed by atoms with E-state index in [1.165, 1.54) is 0 Å². The van der Waals surface area contributed by atoms with E-state index in [0.29, 0.717) is 12.6 Å². The molecule has 0 atom stereocenters. The first-order valence-corrected chi connectivity index (χ1v) is 8.95. The summed E-state index contributed by atoms with van der Waals surface area (Å²) in [5.74, 6) is 0.669. The minimum Gasteiger partial charge on any atom is -0.364 e. The first-order chi connectivity index (χ1) is 13.9. The van der Waals surface area contributed by atoms with Crippen LogP contribution in [-0.4, -0.2) is 31.6 Å². The summed E-state index contributed by atoms with van der Waals surface area (Å²) in [5.41, 5.74) is 5.69. The Morgan fingerprint density at radius 1 is 0.821 bits per heavy atom. The van der Waals surface area contributed by atoms with Gasteiger partial charge in [0, 0.05) is 48.4 Å². The van der Waals surface area contributed by atoms with E-state index in [-0.39, 0.29) is 0 Å². The average molecular weight is 367 g/mol. The van der Waals surface area contributed by atoms with Gasteiger partial charge in [-0.05, 0) is 30.3 Å². The van der Waals surface area contributed by atoms with Gasteiger partial charge >= 0.3 is 0 Å². The van der Waals surface area contributed by atoms with Crippen molar-refractivity contribution in [3.63, 3.8) is 0 Å². The van der Waals surface area contributed by atoms with Crippen molar-refractivity contribution in [2.24, 2.45) is 0 Å². The Morgan fingerprint density at radius 3 is 2.21 bits per heavy atom. The van der Waals surface area contributed by atoms with Crippen LogP contribution in [0, 0.1) is 0 Å². The predicted octanol–water partition coefficient (Wildman–Crippen LogP) is 4.31. The Kier molecular flexibility index (Phi) is 4.03. The maximum Gasteiger partial charge on any atom is 0.160 e. The van der Waals surface area contributed by atoms with Gasteiger partial charge in [-0.2, -0.15) is 0 Å². The van der Waals surface area contributed by atoms with Crippen molar-refractivity contribution >= 4 is 21.9 Å². The van der Waals surface area contributed by atoms with Gasteiger partial charge in [0.2, 0.25) is 0 Å². The van der Waals surface area contributed by atoms with Crippen LogP contribution in [0.15, 0.2) is 73.3 Å². The highest BCUT2D eigenvalue weighted by Gasteiger charge is 2.19. The standard InChI is InChI=1S/C22H17N5O/c1-28-14-27-18-5-3-2-4-17(18)20-21(27)19(15-6-10-23-11-7-15)25-22(26-20)16-8-12-24-13-9-16/h2-13H,14H2,1H3. The quantitative estimate of drug-likeness (QED) is 0.473. The van der Waals surface area contributed by atoms with E-state index in [9.17, 15) is 0 Å². The highest BCUT2D eigenvalue weighted by molar-refractivity contribution is 6.10. The second-order valence-electron chi connectivity index (χ2n) is 6.43. The Labute approximate surface area is 161 Å². The van der Waals surface area contributed by atoms with Crippen molar-refractivity contribution in [1.82, 2.24) is 24.5 Å². The summed E-state index contributed by atoms with van der Waals surface area (Å²) in [6.45, 7) is 0.417. The molecule has 0 N–H and O–H groups in total. The molecule has 136 valence electrons. The third kappa shape index (κ3) is 2.62. The summed E-state index contributed by atoms with van der Waals surface area (Å²) in [7, 11) is 1.69. The topological polar surface area (TPSA) is 65.7 Å². The largest absolute Gasteiger partial charge is 0.364 e. The zero-order valence-electron chi connectivity index (χ0n) is 15.3. The van der Waals surface area contributed by atoms with Gasteiger partial charge in [-0.1, -0.05) is 18.2 Å². The second kappa shape index (κ2) is 6.83. The molecule has 6 heteroatoms. The minimum atomic E-state index is 0.417. The Hall–Kier alpha value is -3.64. The molecule has 4 aromatic heterocycles. The molecule has 0 spiro atoms. The van der Waals surface area contributed by atoms with E-state index in [0.717, 1.165) is 38.8 Å². The maximum absolute atomic E-state index is 5.49. The molecule has 0 saturated heterocycles. The molecule has 0 aliphatic heterocycles. The van der Waals surface area contributed by atoms with Gasteiger partial charge in [-0.15, -0.1) is 0 Å². The first-order valence-electron chi connectivity index (χ1n) is 8.95. The molecule has 0 amide bonds. The summed E-state index contributed by atoms with van der Waals surface area (Å²) in [6, 6.07) is 16.0. The van der Waals surface area contributed by atoms with Crippen molar-refractivity contribution in [3.05, 3.63) is 73.3 Å². The summed E-state index contributed by atoms with van der Waals surface area (Å²) < 4.78 is 7.62. The number of aromatic nitrogens is 5. The number of pyridine rings is 2. The number of hydrogen-bond donors (Lipinski definition) is 0. The van der Waals surface area contributed by atoms with Gasteiger partial charge in [-0.3, -0.25) is 9.97 Å². The number of ether oxygens (including phenoxy) is 1. The van der Waals surface area contributed by atoms with Crippen molar-refractivity contribution in [2.45, 2.75) is 6.73 Å². The molecular weight excluding hydrogens is 350 g/mol. The molecule has 28 heavy (non-hydrogen) atoms. The Balaban J connectivity index is 1.94. The lowest BCUT2D eigenvalue weighted by Crippen LogP contribution is -2.03. The first kappa shape index (κ1) is 16.5. The molecule has 4 heterocycles. The molecule has 0 saturated carbocycles. The molecular formula is C22H17N5O. The van der Waals surface area contributed by atoms with Gasteiger partial charge < -0.3 is 9.30 Å². The summed E-state index contributed by atoms with van der Waals surface area (Å²) in [5, 5.41) is 1.07. The molecule has 0 unspecified atom stereocenters. The van der Waals surface area contributed by atoms with Crippen molar-refractivity contribution < 1.29 is 4.74 Å². The van der Waals surface area contributed by atoms with Crippen LogP contribution in [0.1, 0.15) is 0 Å². The van der Waals surface area contributed by atoms with Gasteiger partial charge in [0.15, 0.2) is 5.82 Å². The van der Waals surface area contributed by atoms with Gasteiger partial charge in [0.05, 0.1) is 16.7 Å². The zero-order valence-corrected chi connectivity index (χ0v) is 15.3. The smallest absolute Gasteiger partial charge is 0.160 e. The lowest BCUT2D eigenvalue weighted by atomic mass is 10.1. The number of nitrogens with zero attached hydrogens (tertiary/aromatic N) is 5. The summed E-state index contributed by atoms with van der Waals surface area (Å²) in [4.78, 5) is 18.1. The maximum atomic E-state index is 5.49. The Bertz CT molecular complexity index is 1270. The normalized spacial score (nSPS) is 11.3. The van der Waals surface area contributed by atoms with Crippen molar-refractivity contribution in [2.75, 3.05) is 7.11 Å². The average Bonchev–Trinajstić information content (AvgIpc) is 3.09. The number of para-hydroxylation sites is 1. The van der Waals surface area contributed by atoms with Crippen LogP contribution in [0.25, 0.3) is 44.6 Å². The lowest BCUT2D eigenvalue weighted by Gasteiger charge is -2.11. The predicted molar refractivity (Wildman–Crippen MR) is 109 cm³/mol. The number of hydrogen-bond acceptors (Lipinski definition) is 5. The fourth-order valence-corrected chi connectivity index (χ4v) is 3.53. The lowest BCUT2D eigenvalue weighted by molar-refractivity contribution is 0.138. The Morgan fingerprint density at radius 2 is 1.50 bits per heavy atom. The zero-order chi connectivity index (χ0) is 18.9. The highest BCUT2D eigenvalue weighted by atomic mass is 16.5. The van der Waals surface area contributed by atoms with Crippen LogP contribution in [0.2, 0.25) is 0 Å². The number of rotatable bonds is 4. The molecule has 0 bridgehead atoms. The van der Waals surface area contributed by atoms with E-state index >= 15 is 0 Å². The van der Waals surface area contributed by atoms with Gasteiger partial charge in [-0.25, -0.2) is 9.97 Å². The molecule has 6 nitrogen and oxygen atoms in total. The van der Waals surface area contributed by atoms with E-state index in [2.05, 4.69) is 26.7 Å².